The lowest BCUT2D eigenvalue weighted by molar-refractivity contribution is 0.0954. The Labute approximate surface area is 211 Å². The standard InChI is InChI=1S/C26H29N3O4S2/c1-4-18-27-26(31)23-8-6-7-9-24(23)28-25(30)19-10-12-20(13-11-19)29(5-2)35(32,33)22-16-14-21(34-3)15-17-22/h6-17H,4-5,18H2,1-3H3,(H,27,31)(H,28,30). The minimum atomic E-state index is -3.75. The molecule has 35 heavy (non-hydrogen) atoms. The summed E-state index contributed by atoms with van der Waals surface area (Å²) in [6.45, 7) is 4.50. The fourth-order valence-corrected chi connectivity index (χ4v) is 5.35. The fraction of sp³-hybridized carbons (Fsp3) is 0.231. The van der Waals surface area contributed by atoms with Gasteiger partial charge in [0.1, 0.15) is 0 Å². The number of rotatable bonds is 10. The van der Waals surface area contributed by atoms with Gasteiger partial charge >= 0.3 is 0 Å². The molecule has 0 fully saturated rings. The number of sulfonamides is 1. The first-order valence-electron chi connectivity index (χ1n) is 11.3. The molecule has 184 valence electrons. The number of anilines is 2. The van der Waals surface area contributed by atoms with Gasteiger partial charge in [0.15, 0.2) is 0 Å². The number of carbonyl (C=O) groups is 2. The normalized spacial score (nSPS) is 11.1. The lowest BCUT2D eigenvalue weighted by atomic mass is 10.1. The molecule has 0 aliphatic carbocycles. The summed E-state index contributed by atoms with van der Waals surface area (Å²) in [7, 11) is -3.75. The van der Waals surface area contributed by atoms with Crippen LogP contribution in [0.4, 0.5) is 11.4 Å². The molecule has 0 atom stereocenters. The van der Waals surface area contributed by atoms with Crippen molar-refractivity contribution >= 4 is 45.0 Å². The Balaban J connectivity index is 1.79. The smallest absolute Gasteiger partial charge is 0.264 e. The highest BCUT2D eigenvalue weighted by molar-refractivity contribution is 7.98. The lowest BCUT2D eigenvalue weighted by Gasteiger charge is -2.23. The first kappa shape index (κ1) is 26.3. The highest BCUT2D eigenvalue weighted by Crippen LogP contribution is 2.26. The second-order valence-electron chi connectivity index (χ2n) is 7.65. The molecule has 9 heteroatoms. The third-order valence-corrected chi connectivity index (χ3v) is 7.97. The molecule has 2 N–H and O–H groups in total. The maximum atomic E-state index is 13.2. The van der Waals surface area contributed by atoms with E-state index in [1.807, 2.05) is 13.2 Å². The molecule has 0 aliphatic heterocycles. The van der Waals surface area contributed by atoms with E-state index in [1.165, 1.54) is 4.31 Å². The summed E-state index contributed by atoms with van der Waals surface area (Å²) in [5.41, 5.74) is 1.58. The van der Waals surface area contributed by atoms with Gasteiger partial charge in [-0.25, -0.2) is 8.42 Å². The van der Waals surface area contributed by atoms with E-state index < -0.39 is 15.9 Å². The van der Waals surface area contributed by atoms with Crippen LogP contribution in [0.5, 0.6) is 0 Å². The number of amides is 2. The highest BCUT2D eigenvalue weighted by Gasteiger charge is 2.24. The topological polar surface area (TPSA) is 95.6 Å². The fourth-order valence-electron chi connectivity index (χ4n) is 3.46. The predicted molar refractivity (Wildman–Crippen MR) is 142 cm³/mol. The minimum Gasteiger partial charge on any atom is -0.352 e. The maximum absolute atomic E-state index is 13.2. The van der Waals surface area contributed by atoms with E-state index in [4.69, 9.17) is 0 Å². The first-order valence-corrected chi connectivity index (χ1v) is 13.9. The largest absolute Gasteiger partial charge is 0.352 e. The average molecular weight is 512 g/mol. The summed E-state index contributed by atoms with van der Waals surface area (Å²) >= 11 is 1.54. The molecule has 0 heterocycles. The zero-order valence-corrected chi connectivity index (χ0v) is 21.6. The van der Waals surface area contributed by atoms with E-state index >= 15 is 0 Å². The number of hydrogen-bond acceptors (Lipinski definition) is 5. The van der Waals surface area contributed by atoms with Crippen LogP contribution in [0.2, 0.25) is 0 Å². The molecule has 7 nitrogen and oxygen atoms in total. The van der Waals surface area contributed by atoms with Gasteiger partial charge < -0.3 is 10.6 Å². The van der Waals surface area contributed by atoms with E-state index in [-0.39, 0.29) is 17.3 Å². The van der Waals surface area contributed by atoms with Crippen LogP contribution in [0.3, 0.4) is 0 Å². The van der Waals surface area contributed by atoms with Crippen molar-refractivity contribution < 1.29 is 18.0 Å². The molecule has 3 rings (SSSR count). The summed E-state index contributed by atoms with van der Waals surface area (Å²) in [5.74, 6) is -0.654. The second-order valence-corrected chi connectivity index (χ2v) is 10.4. The zero-order valence-electron chi connectivity index (χ0n) is 19.9. The van der Waals surface area contributed by atoms with Gasteiger partial charge in [0.05, 0.1) is 21.8 Å². The van der Waals surface area contributed by atoms with E-state index in [0.29, 0.717) is 29.0 Å². The summed E-state index contributed by atoms with van der Waals surface area (Å²) in [5, 5.41) is 5.59. The van der Waals surface area contributed by atoms with Crippen molar-refractivity contribution in [1.29, 1.82) is 0 Å². The minimum absolute atomic E-state index is 0.205. The van der Waals surface area contributed by atoms with Gasteiger partial charge in [-0.05, 0) is 80.3 Å². The molecule has 0 radical (unpaired) electrons. The molecule has 0 bridgehead atoms. The third-order valence-electron chi connectivity index (χ3n) is 5.31. The Morgan fingerprint density at radius 2 is 1.54 bits per heavy atom. The first-order chi connectivity index (χ1) is 16.8. The van der Waals surface area contributed by atoms with Crippen molar-refractivity contribution in [1.82, 2.24) is 5.32 Å². The van der Waals surface area contributed by atoms with Crippen LogP contribution in [-0.4, -0.2) is 39.6 Å². The summed E-state index contributed by atoms with van der Waals surface area (Å²) in [4.78, 5) is 26.5. The van der Waals surface area contributed by atoms with Gasteiger partial charge in [-0.2, -0.15) is 0 Å². The number of para-hydroxylation sites is 1. The molecule has 0 unspecified atom stereocenters. The molecule has 0 saturated heterocycles. The van der Waals surface area contributed by atoms with Crippen molar-refractivity contribution in [2.45, 2.75) is 30.1 Å². The van der Waals surface area contributed by atoms with E-state index in [9.17, 15) is 18.0 Å². The number of benzene rings is 3. The SMILES string of the molecule is CCCNC(=O)c1ccccc1NC(=O)c1ccc(N(CC)S(=O)(=O)c2ccc(SC)cc2)cc1. The molecule has 0 aromatic heterocycles. The van der Waals surface area contributed by atoms with Crippen molar-refractivity contribution in [3.63, 3.8) is 0 Å². The molecule has 0 aliphatic rings. The quantitative estimate of drug-likeness (QED) is 0.373. The van der Waals surface area contributed by atoms with E-state index in [2.05, 4.69) is 10.6 Å². The number of hydrogen-bond donors (Lipinski definition) is 2. The molecule has 0 spiro atoms. The predicted octanol–water partition coefficient (Wildman–Crippen LogP) is 5.02. The molecular weight excluding hydrogens is 482 g/mol. The Kier molecular flexibility index (Phi) is 8.95. The number of nitrogens with zero attached hydrogens (tertiary/aromatic N) is 1. The molecule has 3 aromatic rings. The van der Waals surface area contributed by atoms with Crippen LogP contribution in [0.25, 0.3) is 0 Å². The van der Waals surface area contributed by atoms with Crippen molar-refractivity contribution in [2.75, 3.05) is 29.0 Å². The van der Waals surface area contributed by atoms with Crippen molar-refractivity contribution in [3.8, 4) is 0 Å². The number of thioether (sulfide) groups is 1. The summed E-state index contributed by atoms with van der Waals surface area (Å²) in [6, 6.07) is 19.9. The summed E-state index contributed by atoms with van der Waals surface area (Å²) < 4.78 is 27.7. The zero-order chi connectivity index (χ0) is 25.4. The molecule has 2 amide bonds. The van der Waals surface area contributed by atoms with Gasteiger partial charge in [0, 0.05) is 23.5 Å². The number of carbonyl (C=O) groups excluding carboxylic acids is 2. The Hall–Kier alpha value is -3.30. The van der Waals surface area contributed by atoms with E-state index in [0.717, 1.165) is 11.3 Å². The van der Waals surface area contributed by atoms with Crippen LogP contribution < -0.4 is 14.9 Å². The van der Waals surface area contributed by atoms with Crippen LogP contribution in [0, 0.1) is 0 Å². The monoisotopic (exact) mass is 511 g/mol. The van der Waals surface area contributed by atoms with E-state index in [1.54, 1.807) is 91.5 Å². The lowest BCUT2D eigenvalue weighted by Crippen LogP contribution is -2.30. The van der Waals surface area contributed by atoms with Gasteiger partial charge in [0.25, 0.3) is 21.8 Å². The molecule has 0 saturated carbocycles. The van der Waals surface area contributed by atoms with Crippen molar-refractivity contribution in [3.05, 3.63) is 83.9 Å². The third kappa shape index (κ3) is 6.23. The highest BCUT2D eigenvalue weighted by atomic mass is 32.2. The summed E-state index contributed by atoms with van der Waals surface area (Å²) in [6.07, 6.45) is 2.74. The van der Waals surface area contributed by atoms with Crippen LogP contribution in [-0.2, 0) is 10.0 Å². The Bertz CT molecular complexity index is 1270. The Morgan fingerprint density at radius 1 is 0.886 bits per heavy atom. The van der Waals surface area contributed by atoms with Crippen LogP contribution >= 0.6 is 11.8 Å². The van der Waals surface area contributed by atoms with Crippen molar-refractivity contribution in [2.24, 2.45) is 0 Å². The second kappa shape index (κ2) is 11.9. The van der Waals surface area contributed by atoms with Crippen LogP contribution in [0.1, 0.15) is 41.0 Å². The van der Waals surface area contributed by atoms with Gasteiger partial charge in [0.2, 0.25) is 0 Å². The average Bonchev–Trinajstić information content (AvgIpc) is 2.88. The Morgan fingerprint density at radius 3 is 2.14 bits per heavy atom. The molecule has 3 aromatic carbocycles. The van der Waals surface area contributed by atoms with Gasteiger partial charge in [-0.15, -0.1) is 11.8 Å². The van der Waals surface area contributed by atoms with Gasteiger partial charge in [-0.1, -0.05) is 19.1 Å². The maximum Gasteiger partial charge on any atom is 0.264 e. The van der Waals surface area contributed by atoms with Crippen LogP contribution in [0.15, 0.2) is 82.6 Å². The number of nitrogens with one attached hydrogen (secondary N) is 2. The molecular formula is C26H29N3O4S2. The van der Waals surface area contributed by atoms with Gasteiger partial charge in [-0.3, -0.25) is 13.9 Å².